The third kappa shape index (κ3) is 4.16. The quantitative estimate of drug-likeness (QED) is 0.380. The number of fused-ring (bicyclic) bond motifs is 2. The standard InChI is InChI=1S/C24H19F3N4O3S/c1-34-23(33)19-14-9-5-6-10-17(14)35-22(19)30-21(32)15-12-28-31-18(24(25,26)27)11-16(29-20(15)31)13-7-3-2-4-8-13/h2-4,7-8,11-12H,5-6,9-10H2,1H3,(H,30,32). The number of aromatic nitrogens is 3. The maximum atomic E-state index is 13.8. The van der Waals surface area contributed by atoms with E-state index in [0.29, 0.717) is 27.1 Å². The van der Waals surface area contributed by atoms with E-state index in [1.165, 1.54) is 18.4 Å². The number of amides is 1. The molecule has 1 aromatic carbocycles. The lowest BCUT2D eigenvalue weighted by Gasteiger charge is -2.12. The molecule has 3 heterocycles. The Balaban J connectivity index is 1.60. The maximum absolute atomic E-state index is 13.8. The van der Waals surface area contributed by atoms with Crippen LogP contribution >= 0.6 is 11.3 Å². The van der Waals surface area contributed by atoms with Crippen LogP contribution in [0, 0.1) is 0 Å². The van der Waals surface area contributed by atoms with Crippen LogP contribution in [0.4, 0.5) is 18.2 Å². The van der Waals surface area contributed by atoms with E-state index in [0.717, 1.165) is 42.0 Å². The number of anilines is 1. The number of carbonyl (C=O) groups is 2. The summed E-state index contributed by atoms with van der Waals surface area (Å²) in [6, 6.07) is 9.28. The number of aryl methyl sites for hydroxylation is 1. The van der Waals surface area contributed by atoms with E-state index in [1.807, 2.05) is 0 Å². The van der Waals surface area contributed by atoms with Gasteiger partial charge in [-0.05, 0) is 37.3 Å². The van der Waals surface area contributed by atoms with E-state index in [2.05, 4.69) is 15.4 Å². The molecule has 0 radical (unpaired) electrons. The summed E-state index contributed by atoms with van der Waals surface area (Å²) >= 11 is 1.28. The molecule has 1 amide bonds. The van der Waals surface area contributed by atoms with Crippen LogP contribution < -0.4 is 5.32 Å². The molecule has 1 aliphatic carbocycles. The van der Waals surface area contributed by atoms with Gasteiger partial charge < -0.3 is 10.1 Å². The van der Waals surface area contributed by atoms with Crippen molar-refractivity contribution in [3.63, 3.8) is 0 Å². The van der Waals surface area contributed by atoms with E-state index in [9.17, 15) is 22.8 Å². The van der Waals surface area contributed by atoms with Crippen molar-refractivity contribution in [3.05, 3.63) is 69.9 Å². The monoisotopic (exact) mass is 500 g/mol. The fourth-order valence-electron chi connectivity index (χ4n) is 4.22. The molecule has 5 rings (SSSR count). The van der Waals surface area contributed by atoms with Gasteiger partial charge in [0.1, 0.15) is 10.6 Å². The summed E-state index contributed by atoms with van der Waals surface area (Å²) in [5, 5.41) is 6.81. The first-order chi connectivity index (χ1) is 16.8. The maximum Gasteiger partial charge on any atom is 0.433 e. The molecule has 0 aliphatic heterocycles. The van der Waals surface area contributed by atoms with Gasteiger partial charge in [-0.3, -0.25) is 4.79 Å². The minimum absolute atomic E-state index is 0.0572. The lowest BCUT2D eigenvalue weighted by molar-refractivity contribution is -0.142. The number of halogens is 3. The van der Waals surface area contributed by atoms with Crippen LogP contribution in [0.25, 0.3) is 16.9 Å². The van der Waals surface area contributed by atoms with Crippen LogP contribution in [0.2, 0.25) is 0 Å². The average Bonchev–Trinajstić information content (AvgIpc) is 3.44. The van der Waals surface area contributed by atoms with Gasteiger partial charge in [0.05, 0.1) is 24.6 Å². The summed E-state index contributed by atoms with van der Waals surface area (Å²) in [5.74, 6) is -1.28. The topological polar surface area (TPSA) is 85.6 Å². The first-order valence-electron chi connectivity index (χ1n) is 10.8. The molecule has 1 N–H and O–H groups in total. The van der Waals surface area contributed by atoms with Crippen molar-refractivity contribution in [1.29, 1.82) is 0 Å². The van der Waals surface area contributed by atoms with Crippen molar-refractivity contribution < 1.29 is 27.5 Å². The molecule has 0 saturated heterocycles. The van der Waals surface area contributed by atoms with Crippen molar-refractivity contribution in [2.75, 3.05) is 12.4 Å². The van der Waals surface area contributed by atoms with Gasteiger partial charge >= 0.3 is 12.1 Å². The molecule has 0 saturated carbocycles. The lowest BCUT2D eigenvalue weighted by Crippen LogP contribution is -2.17. The van der Waals surface area contributed by atoms with Crippen LogP contribution in [0.5, 0.6) is 0 Å². The minimum atomic E-state index is -4.73. The number of rotatable bonds is 4. The van der Waals surface area contributed by atoms with Crippen molar-refractivity contribution >= 4 is 33.9 Å². The highest BCUT2D eigenvalue weighted by Gasteiger charge is 2.36. The van der Waals surface area contributed by atoms with Gasteiger partial charge in [0.25, 0.3) is 5.91 Å². The number of nitrogens with zero attached hydrogens (tertiary/aromatic N) is 3. The highest BCUT2D eigenvalue weighted by Crippen LogP contribution is 2.39. The Hall–Kier alpha value is -3.73. The second kappa shape index (κ2) is 8.81. The number of nitrogens with one attached hydrogen (secondary N) is 1. The van der Waals surface area contributed by atoms with Crippen LogP contribution in [0.15, 0.2) is 42.6 Å². The first kappa shape index (κ1) is 23.0. The Morgan fingerprint density at radius 2 is 1.89 bits per heavy atom. The third-order valence-electron chi connectivity index (χ3n) is 5.86. The molecule has 4 aromatic rings. The van der Waals surface area contributed by atoms with E-state index in [1.54, 1.807) is 30.3 Å². The molecule has 0 atom stereocenters. The molecular formula is C24H19F3N4O3S. The SMILES string of the molecule is COC(=O)c1c(NC(=O)c2cnn3c(C(F)(F)F)cc(-c4ccccc4)nc23)sc2c1CCCC2. The van der Waals surface area contributed by atoms with Crippen LogP contribution in [-0.4, -0.2) is 33.6 Å². The summed E-state index contributed by atoms with van der Waals surface area (Å²) in [4.78, 5) is 31.1. The zero-order valence-corrected chi connectivity index (χ0v) is 19.3. The van der Waals surface area contributed by atoms with Crippen LogP contribution in [0.3, 0.4) is 0 Å². The third-order valence-corrected chi connectivity index (χ3v) is 7.07. The summed E-state index contributed by atoms with van der Waals surface area (Å²) in [7, 11) is 1.26. The van der Waals surface area contributed by atoms with Crippen molar-refractivity contribution in [2.45, 2.75) is 31.9 Å². The van der Waals surface area contributed by atoms with Crippen molar-refractivity contribution in [3.8, 4) is 11.3 Å². The lowest BCUT2D eigenvalue weighted by atomic mass is 9.95. The number of ether oxygens (including phenoxy) is 1. The average molecular weight is 501 g/mol. The Bertz CT molecular complexity index is 1440. The molecular weight excluding hydrogens is 481 g/mol. The number of alkyl halides is 3. The predicted octanol–water partition coefficient (Wildman–Crippen LogP) is 5.39. The first-order valence-corrected chi connectivity index (χ1v) is 11.6. The zero-order chi connectivity index (χ0) is 24.7. The summed E-state index contributed by atoms with van der Waals surface area (Å²) in [5.41, 5.74) is 0.238. The van der Waals surface area contributed by atoms with Crippen LogP contribution in [-0.2, 0) is 23.8 Å². The highest BCUT2D eigenvalue weighted by molar-refractivity contribution is 7.17. The second-order valence-corrected chi connectivity index (χ2v) is 9.15. The Morgan fingerprint density at radius 3 is 2.60 bits per heavy atom. The van der Waals surface area contributed by atoms with Gasteiger partial charge in [-0.15, -0.1) is 11.3 Å². The van der Waals surface area contributed by atoms with Gasteiger partial charge in [0.15, 0.2) is 11.3 Å². The number of benzene rings is 1. The van der Waals surface area contributed by atoms with Gasteiger partial charge in [-0.2, -0.15) is 18.3 Å². The molecule has 180 valence electrons. The Morgan fingerprint density at radius 1 is 1.14 bits per heavy atom. The highest BCUT2D eigenvalue weighted by atomic mass is 32.1. The molecule has 3 aromatic heterocycles. The Kier molecular flexibility index (Phi) is 5.79. The molecule has 0 bridgehead atoms. The largest absolute Gasteiger partial charge is 0.465 e. The molecule has 0 unspecified atom stereocenters. The summed E-state index contributed by atoms with van der Waals surface area (Å²) in [6.07, 6.45) is -0.306. The fourth-order valence-corrected chi connectivity index (χ4v) is 5.50. The second-order valence-electron chi connectivity index (χ2n) is 8.04. The number of carbonyl (C=O) groups excluding carboxylic acids is 2. The van der Waals surface area contributed by atoms with Gasteiger partial charge in [0.2, 0.25) is 0 Å². The molecule has 0 fully saturated rings. The van der Waals surface area contributed by atoms with E-state index >= 15 is 0 Å². The molecule has 11 heteroatoms. The van der Waals surface area contributed by atoms with Crippen LogP contribution in [0.1, 0.15) is 49.7 Å². The minimum Gasteiger partial charge on any atom is -0.465 e. The normalized spacial score (nSPS) is 13.5. The van der Waals surface area contributed by atoms with Gasteiger partial charge in [0, 0.05) is 10.4 Å². The van der Waals surface area contributed by atoms with E-state index in [-0.39, 0.29) is 16.9 Å². The molecule has 1 aliphatic rings. The predicted molar refractivity (Wildman–Crippen MR) is 124 cm³/mol. The number of esters is 1. The Labute approximate surface area is 201 Å². The summed E-state index contributed by atoms with van der Waals surface area (Å²) in [6.45, 7) is 0. The van der Waals surface area contributed by atoms with Crippen molar-refractivity contribution in [2.24, 2.45) is 0 Å². The number of thiophene rings is 1. The number of methoxy groups -OCH3 is 1. The molecule has 35 heavy (non-hydrogen) atoms. The zero-order valence-electron chi connectivity index (χ0n) is 18.5. The smallest absolute Gasteiger partial charge is 0.433 e. The number of hydrogen-bond acceptors (Lipinski definition) is 6. The van der Waals surface area contributed by atoms with Gasteiger partial charge in [-0.1, -0.05) is 30.3 Å². The van der Waals surface area contributed by atoms with E-state index < -0.39 is 23.7 Å². The van der Waals surface area contributed by atoms with E-state index in [4.69, 9.17) is 4.74 Å². The van der Waals surface area contributed by atoms with Gasteiger partial charge in [-0.25, -0.2) is 14.3 Å². The fraction of sp³-hybridized carbons (Fsp3) is 0.250. The number of hydrogen-bond donors (Lipinski definition) is 1. The molecule has 7 nitrogen and oxygen atoms in total. The van der Waals surface area contributed by atoms with Crippen molar-refractivity contribution in [1.82, 2.24) is 14.6 Å². The molecule has 0 spiro atoms. The summed E-state index contributed by atoms with van der Waals surface area (Å²) < 4.78 is 47.1.